The van der Waals surface area contributed by atoms with Crippen molar-refractivity contribution in [3.8, 4) is 0 Å². The molecule has 1 saturated carbocycles. The average molecular weight is 575 g/mol. The molecule has 7 rings (SSSR count). The molecule has 2 aliphatic heterocycles. The van der Waals surface area contributed by atoms with Crippen LogP contribution in [-0.2, 0) is 26.0 Å². The lowest BCUT2D eigenvalue weighted by Crippen LogP contribution is -2.48. The van der Waals surface area contributed by atoms with Crippen molar-refractivity contribution in [1.29, 1.82) is 0 Å². The Morgan fingerprint density at radius 3 is 2.69 bits per heavy atom. The van der Waals surface area contributed by atoms with Gasteiger partial charge >= 0.3 is 0 Å². The standard InChI is InChI=1S/C31H42N8O3/c1-30(2,3)18-8-9-20-21(13-18)37-23(36-20)10-7-17-11-19(12-17)38(6)14-22-25-26(42-31(4,5)41-25)29(40-22)39-16-35-24-27(32)33-15-34-28(24)39/h8-9,13,15-17,19,22,25-26,29H,7,10-12,14H2,1-6H3,(H,36,37)(H2,32,33,34)/t17?,19?,22-,25-,26+,29-/m1/s1. The van der Waals surface area contributed by atoms with Gasteiger partial charge in [-0.1, -0.05) is 26.8 Å². The van der Waals surface area contributed by atoms with E-state index in [2.05, 4.69) is 70.9 Å². The van der Waals surface area contributed by atoms with Gasteiger partial charge in [0.1, 0.15) is 36.0 Å². The van der Waals surface area contributed by atoms with Gasteiger partial charge in [0, 0.05) is 19.0 Å². The molecule has 11 nitrogen and oxygen atoms in total. The van der Waals surface area contributed by atoms with E-state index >= 15 is 0 Å². The minimum Gasteiger partial charge on any atom is -0.382 e. The predicted octanol–water partition coefficient (Wildman–Crippen LogP) is 4.34. The van der Waals surface area contributed by atoms with E-state index in [1.807, 2.05) is 18.4 Å². The number of fused-ring (bicyclic) bond motifs is 3. The molecule has 0 bridgehead atoms. The van der Waals surface area contributed by atoms with E-state index in [1.54, 1.807) is 6.33 Å². The van der Waals surface area contributed by atoms with Crippen molar-refractivity contribution in [3.63, 3.8) is 0 Å². The van der Waals surface area contributed by atoms with Crippen molar-refractivity contribution in [2.45, 2.75) is 102 Å². The smallest absolute Gasteiger partial charge is 0.167 e. The highest BCUT2D eigenvalue weighted by Crippen LogP contribution is 2.45. The fraction of sp³-hybridized carbons (Fsp3) is 0.613. The molecule has 2 saturated heterocycles. The lowest BCUT2D eigenvalue weighted by atomic mass is 9.76. The van der Waals surface area contributed by atoms with Crippen LogP contribution in [0.4, 0.5) is 5.82 Å². The van der Waals surface area contributed by atoms with Gasteiger partial charge in [0.05, 0.1) is 17.4 Å². The van der Waals surface area contributed by atoms with Crippen molar-refractivity contribution < 1.29 is 14.2 Å². The molecule has 3 fully saturated rings. The molecule has 1 aromatic carbocycles. The molecule has 3 N–H and O–H groups in total. The third-order valence-corrected chi connectivity index (χ3v) is 9.27. The molecule has 1 aliphatic carbocycles. The van der Waals surface area contributed by atoms with Crippen LogP contribution in [0.25, 0.3) is 22.2 Å². The number of aromatic amines is 1. The molecule has 42 heavy (non-hydrogen) atoms. The Kier molecular flexibility index (Phi) is 6.58. The number of likely N-dealkylation sites (N-methyl/N-ethyl adjacent to an activating group) is 1. The van der Waals surface area contributed by atoms with Crippen LogP contribution in [0, 0.1) is 5.92 Å². The summed E-state index contributed by atoms with van der Waals surface area (Å²) in [5.74, 6) is 1.45. The number of rotatable bonds is 7. The average Bonchev–Trinajstić information content (AvgIpc) is 3.64. The summed E-state index contributed by atoms with van der Waals surface area (Å²) in [5, 5.41) is 0. The van der Waals surface area contributed by atoms with Gasteiger partial charge in [-0.2, -0.15) is 0 Å². The number of imidazole rings is 2. The molecule has 3 aromatic heterocycles. The molecule has 4 atom stereocenters. The Morgan fingerprint density at radius 2 is 1.90 bits per heavy atom. The SMILES string of the molecule is CN(C[C@H]1O[C@@H](n2cnc3c(N)ncnc32)[C@H]2OC(C)(C)O[C@@H]21)C1CC(CCc2nc3ccc(C(C)(C)C)cc3[nH]2)C1. The maximum absolute atomic E-state index is 6.61. The molecule has 4 aromatic rings. The van der Waals surface area contributed by atoms with Gasteiger partial charge in [-0.05, 0) is 69.2 Å². The van der Waals surface area contributed by atoms with E-state index in [0.717, 1.165) is 36.2 Å². The fourth-order valence-electron chi connectivity index (χ4n) is 6.80. The first-order chi connectivity index (χ1) is 19.9. The van der Waals surface area contributed by atoms with Gasteiger partial charge in [-0.3, -0.25) is 4.57 Å². The Balaban J connectivity index is 0.966. The van der Waals surface area contributed by atoms with Crippen LogP contribution in [0.2, 0.25) is 0 Å². The molecule has 0 amide bonds. The van der Waals surface area contributed by atoms with Crippen LogP contribution in [0.5, 0.6) is 0 Å². The first-order valence-corrected chi connectivity index (χ1v) is 15.1. The summed E-state index contributed by atoms with van der Waals surface area (Å²) in [6, 6.07) is 7.11. The summed E-state index contributed by atoms with van der Waals surface area (Å²) in [5.41, 5.74) is 10.9. The fourth-order valence-corrected chi connectivity index (χ4v) is 6.80. The van der Waals surface area contributed by atoms with Gasteiger partial charge < -0.3 is 29.8 Å². The molecular formula is C31H42N8O3. The molecule has 11 heteroatoms. The number of ether oxygens (including phenoxy) is 3. The van der Waals surface area contributed by atoms with E-state index < -0.39 is 12.0 Å². The molecule has 5 heterocycles. The molecule has 0 unspecified atom stereocenters. The summed E-state index contributed by atoms with van der Waals surface area (Å²) in [4.78, 5) is 23.8. The van der Waals surface area contributed by atoms with Gasteiger partial charge in [0.15, 0.2) is 23.5 Å². The second-order valence-electron chi connectivity index (χ2n) is 13.8. The van der Waals surface area contributed by atoms with E-state index in [0.29, 0.717) is 28.9 Å². The number of benzene rings is 1. The highest BCUT2D eigenvalue weighted by atomic mass is 16.8. The molecule has 0 spiro atoms. The number of aryl methyl sites for hydroxylation is 1. The first-order valence-electron chi connectivity index (χ1n) is 15.1. The van der Waals surface area contributed by atoms with E-state index in [-0.39, 0.29) is 23.7 Å². The van der Waals surface area contributed by atoms with Crippen molar-refractivity contribution in [3.05, 3.63) is 42.2 Å². The van der Waals surface area contributed by atoms with Crippen LogP contribution < -0.4 is 5.73 Å². The van der Waals surface area contributed by atoms with Crippen LogP contribution in [-0.4, -0.2) is 78.1 Å². The molecule has 0 radical (unpaired) electrons. The maximum atomic E-state index is 6.61. The molecule has 224 valence electrons. The quantitative estimate of drug-likeness (QED) is 0.331. The normalized spacial score (nSPS) is 29.0. The zero-order valence-corrected chi connectivity index (χ0v) is 25.4. The maximum Gasteiger partial charge on any atom is 0.167 e. The number of H-pyrrole nitrogens is 1. The number of nitrogen functional groups attached to an aromatic ring is 1. The highest BCUT2D eigenvalue weighted by Gasteiger charge is 2.56. The number of nitrogens with zero attached hydrogens (tertiary/aromatic N) is 6. The minimum absolute atomic E-state index is 0.127. The topological polar surface area (TPSA) is 129 Å². The van der Waals surface area contributed by atoms with Crippen LogP contribution in [0.15, 0.2) is 30.9 Å². The van der Waals surface area contributed by atoms with Gasteiger partial charge in [0.2, 0.25) is 0 Å². The third-order valence-electron chi connectivity index (χ3n) is 9.27. The van der Waals surface area contributed by atoms with E-state index in [4.69, 9.17) is 24.9 Å². The first kappa shape index (κ1) is 27.7. The number of nitrogens with one attached hydrogen (secondary N) is 1. The second-order valence-corrected chi connectivity index (χ2v) is 13.8. The summed E-state index contributed by atoms with van der Waals surface area (Å²) in [7, 11) is 2.19. The van der Waals surface area contributed by atoms with Crippen LogP contribution in [0.3, 0.4) is 0 Å². The minimum atomic E-state index is -0.689. The Hall–Kier alpha value is -3.12. The van der Waals surface area contributed by atoms with Gasteiger partial charge in [-0.15, -0.1) is 0 Å². The number of hydrogen-bond acceptors (Lipinski definition) is 9. The Morgan fingerprint density at radius 1 is 1.12 bits per heavy atom. The zero-order valence-electron chi connectivity index (χ0n) is 25.4. The lowest BCUT2D eigenvalue weighted by molar-refractivity contribution is -0.198. The number of aromatic nitrogens is 6. The van der Waals surface area contributed by atoms with Crippen molar-refractivity contribution in [1.82, 2.24) is 34.4 Å². The summed E-state index contributed by atoms with van der Waals surface area (Å²) in [6.45, 7) is 11.4. The lowest BCUT2D eigenvalue weighted by Gasteiger charge is -2.42. The third kappa shape index (κ3) is 4.96. The largest absolute Gasteiger partial charge is 0.382 e. The van der Waals surface area contributed by atoms with E-state index in [9.17, 15) is 0 Å². The Bertz CT molecular complexity index is 1600. The summed E-state index contributed by atoms with van der Waals surface area (Å²) >= 11 is 0. The highest BCUT2D eigenvalue weighted by molar-refractivity contribution is 5.81. The van der Waals surface area contributed by atoms with Gasteiger partial charge in [-0.25, -0.2) is 19.9 Å². The van der Waals surface area contributed by atoms with Crippen LogP contribution >= 0.6 is 0 Å². The number of hydrogen-bond donors (Lipinski definition) is 2. The van der Waals surface area contributed by atoms with Crippen molar-refractivity contribution >= 4 is 28.0 Å². The summed E-state index contributed by atoms with van der Waals surface area (Å²) < 4.78 is 21.2. The molecular weight excluding hydrogens is 532 g/mol. The van der Waals surface area contributed by atoms with Crippen molar-refractivity contribution in [2.75, 3.05) is 19.3 Å². The zero-order chi connectivity index (χ0) is 29.4. The molecule has 3 aliphatic rings. The van der Waals surface area contributed by atoms with Gasteiger partial charge in [0.25, 0.3) is 0 Å². The Labute approximate surface area is 246 Å². The number of anilines is 1. The summed E-state index contributed by atoms with van der Waals surface area (Å²) in [6.07, 6.45) is 6.63. The van der Waals surface area contributed by atoms with Crippen LogP contribution in [0.1, 0.15) is 71.5 Å². The van der Waals surface area contributed by atoms with Crippen molar-refractivity contribution in [2.24, 2.45) is 5.92 Å². The van der Waals surface area contributed by atoms with E-state index in [1.165, 1.54) is 24.7 Å². The number of nitrogens with two attached hydrogens (primary N) is 1. The predicted molar refractivity (Wildman–Crippen MR) is 160 cm³/mol. The second kappa shape index (κ2) is 9.97. The monoisotopic (exact) mass is 574 g/mol.